The van der Waals surface area contributed by atoms with Crippen molar-refractivity contribution in [3.05, 3.63) is 58.6 Å². The van der Waals surface area contributed by atoms with Crippen molar-refractivity contribution in [2.45, 2.75) is 12.7 Å². The van der Waals surface area contributed by atoms with E-state index in [4.69, 9.17) is 16.3 Å². The third kappa shape index (κ3) is 4.48. The number of ether oxygens (including phenoxy) is 2. The average molecular weight is 397 g/mol. The first-order valence-electron chi connectivity index (χ1n) is 8.39. The molecule has 1 amide bonds. The van der Waals surface area contributed by atoms with E-state index in [1.165, 1.54) is 25.3 Å². The highest BCUT2D eigenvalue weighted by Crippen LogP contribution is 2.32. The molecule has 1 N–H and O–H groups in total. The van der Waals surface area contributed by atoms with E-state index in [1.54, 1.807) is 11.0 Å². The van der Waals surface area contributed by atoms with Gasteiger partial charge in [0.2, 0.25) is 0 Å². The molecule has 0 aromatic heterocycles. The Labute approximate surface area is 160 Å². The number of nitrogens with zero attached hydrogens (tertiary/aromatic N) is 1. The molecule has 27 heavy (non-hydrogen) atoms. The molecule has 1 unspecified atom stereocenters. The lowest BCUT2D eigenvalue weighted by atomic mass is 10.0. The van der Waals surface area contributed by atoms with Crippen LogP contribution in [0.4, 0.5) is 8.78 Å². The summed E-state index contributed by atoms with van der Waals surface area (Å²) in [4.78, 5) is 14.8. The van der Waals surface area contributed by atoms with Crippen LogP contribution >= 0.6 is 11.6 Å². The summed E-state index contributed by atoms with van der Waals surface area (Å²) in [5, 5.41) is 3.85. The Hall–Kier alpha value is -2.38. The van der Waals surface area contributed by atoms with Gasteiger partial charge >= 0.3 is 6.61 Å². The van der Waals surface area contributed by atoms with Crippen LogP contribution in [0.5, 0.6) is 11.5 Å². The highest BCUT2D eigenvalue weighted by atomic mass is 35.5. The second-order valence-electron chi connectivity index (χ2n) is 6.02. The summed E-state index contributed by atoms with van der Waals surface area (Å²) in [6.45, 7) is -1.32. The molecule has 1 aliphatic heterocycles. The number of carbonyl (C=O) groups excluding carboxylic acids is 1. The lowest BCUT2D eigenvalue weighted by Gasteiger charge is -2.36. The molecule has 2 aromatic carbocycles. The third-order valence-corrected chi connectivity index (χ3v) is 4.60. The van der Waals surface area contributed by atoms with Crippen LogP contribution in [0.1, 0.15) is 22.0 Å². The van der Waals surface area contributed by atoms with Crippen molar-refractivity contribution in [2.24, 2.45) is 0 Å². The summed E-state index contributed by atoms with van der Waals surface area (Å²) in [6.07, 6.45) is 0. The Morgan fingerprint density at radius 1 is 1.26 bits per heavy atom. The highest BCUT2D eigenvalue weighted by molar-refractivity contribution is 6.30. The van der Waals surface area contributed by atoms with Gasteiger partial charge in [0.05, 0.1) is 13.2 Å². The van der Waals surface area contributed by atoms with Crippen molar-refractivity contribution >= 4 is 17.5 Å². The second-order valence-corrected chi connectivity index (χ2v) is 6.45. The monoisotopic (exact) mass is 396 g/mol. The molecule has 0 aliphatic carbocycles. The molecule has 1 aliphatic rings. The van der Waals surface area contributed by atoms with Crippen LogP contribution < -0.4 is 14.8 Å². The zero-order valence-corrected chi connectivity index (χ0v) is 15.4. The summed E-state index contributed by atoms with van der Waals surface area (Å²) in [6, 6.07) is 11.4. The Bertz CT molecular complexity index is 819. The SMILES string of the molecule is COc1ccc(C(=O)N2CCNCC2c2cccc(Cl)c2)cc1OC(F)F. The van der Waals surface area contributed by atoms with Crippen LogP contribution in [0.3, 0.4) is 0 Å². The fourth-order valence-electron chi connectivity index (χ4n) is 3.12. The molecule has 144 valence electrons. The first-order valence-corrected chi connectivity index (χ1v) is 8.77. The number of rotatable bonds is 5. The van der Waals surface area contributed by atoms with Crippen molar-refractivity contribution in [1.82, 2.24) is 10.2 Å². The van der Waals surface area contributed by atoms with Gasteiger partial charge in [0, 0.05) is 30.2 Å². The summed E-state index contributed by atoms with van der Waals surface area (Å²) >= 11 is 6.09. The van der Waals surface area contributed by atoms with Crippen LogP contribution in [-0.4, -0.2) is 44.2 Å². The topological polar surface area (TPSA) is 50.8 Å². The van der Waals surface area contributed by atoms with Crippen LogP contribution in [-0.2, 0) is 0 Å². The third-order valence-electron chi connectivity index (χ3n) is 4.36. The normalized spacial score (nSPS) is 17.1. The highest BCUT2D eigenvalue weighted by Gasteiger charge is 2.29. The largest absolute Gasteiger partial charge is 0.493 e. The number of alkyl halides is 2. The second kappa shape index (κ2) is 8.54. The maximum atomic E-state index is 13.1. The quantitative estimate of drug-likeness (QED) is 0.836. The molecule has 8 heteroatoms. The number of benzene rings is 2. The van der Waals surface area contributed by atoms with Gasteiger partial charge in [0.15, 0.2) is 11.5 Å². The van der Waals surface area contributed by atoms with E-state index in [-0.39, 0.29) is 29.0 Å². The van der Waals surface area contributed by atoms with Crippen molar-refractivity contribution in [3.63, 3.8) is 0 Å². The maximum absolute atomic E-state index is 13.1. The molecule has 0 saturated carbocycles. The molecule has 5 nitrogen and oxygen atoms in total. The van der Waals surface area contributed by atoms with Gasteiger partial charge in [-0.3, -0.25) is 4.79 Å². The molecular weight excluding hydrogens is 378 g/mol. The number of halogens is 3. The van der Waals surface area contributed by atoms with E-state index in [0.717, 1.165) is 5.56 Å². The zero-order chi connectivity index (χ0) is 19.4. The molecule has 1 atom stereocenters. The van der Waals surface area contributed by atoms with E-state index in [9.17, 15) is 13.6 Å². The van der Waals surface area contributed by atoms with E-state index in [1.807, 2.05) is 18.2 Å². The minimum atomic E-state index is -3.01. The number of methoxy groups -OCH3 is 1. The Morgan fingerprint density at radius 2 is 2.07 bits per heavy atom. The maximum Gasteiger partial charge on any atom is 0.387 e. The number of piperazine rings is 1. The number of carbonyl (C=O) groups is 1. The van der Waals surface area contributed by atoms with Gasteiger partial charge < -0.3 is 19.7 Å². The predicted octanol–water partition coefficient (Wildman–Crippen LogP) is 3.74. The number of amides is 1. The minimum Gasteiger partial charge on any atom is -0.493 e. The van der Waals surface area contributed by atoms with Crippen LogP contribution in [0.2, 0.25) is 5.02 Å². The lowest BCUT2D eigenvalue weighted by Crippen LogP contribution is -2.48. The summed E-state index contributed by atoms with van der Waals surface area (Å²) in [5.41, 5.74) is 1.15. The van der Waals surface area contributed by atoms with E-state index in [2.05, 4.69) is 10.1 Å². The number of hydrogen-bond donors (Lipinski definition) is 1. The molecule has 1 heterocycles. The lowest BCUT2D eigenvalue weighted by molar-refractivity contribution is -0.0512. The van der Waals surface area contributed by atoms with Crippen molar-refractivity contribution in [2.75, 3.05) is 26.7 Å². The fourth-order valence-corrected chi connectivity index (χ4v) is 3.32. The molecule has 2 aromatic rings. The smallest absolute Gasteiger partial charge is 0.387 e. The Kier molecular flexibility index (Phi) is 6.13. The first-order chi connectivity index (χ1) is 13.0. The van der Waals surface area contributed by atoms with Crippen molar-refractivity contribution in [1.29, 1.82) is 0 Å². The molecular formula is C19H19ClF2N2O3. The molecule has 1 fully saturated rings. The Balaban J connectivity index is 1.90. The summed E-state index contributed by atoms with van der Waals surface area (Å²) < 4.78 is 34.8. The standard InChI is InChI=1S/C19H19ClF2N2O3/c1-26-16-6-5-13(10-17(16)27-19(21)22)18(25)24-8-7-23-11-15(24)12-3-2-4-14(20)9-12/h2-6,9-10,15,19,23H,7-8,11H2,1H3. The number of hydrogen-bond acceptors (Lipinski definition) is 4. The van der Waals surface area contributed by atoms with Crippen LogP contribution in [0, 0.1) is 0 Å². The van der Waals surface area contributed by atoms with Gasteiger partial charge in [-0.05, 0) is 35.9 Å². The van der Waals surface area contributed by atoms with E-state index in [0.29, 0.717) is 24.7 Å². The molecule has 3 rings (SSSR count). The van der Waals surface area contributed by atoms with E-state index >= 15 is 0 Å². The first kappa shape index (κ1) is 19.4. The van der Waals surface area contributed by atoms with Crippen LogP contribution in [0.15, 0.2) is 42.5 Å². The van der Waals surface area contributed by atoms with Crippen LogP contribution in [0.25, 0.3) is 0 Å². The molecule has 0 bridgehead atoms. The minimum absolute atomic E-state index is 0.138. The predicted molar refractivity (Wildman–Crippen MR) is 97.7 cm³/mol. The van der Waals surface area contributed by atoms with Gasteiger partial charge in [-0.25, -0.2) is 0 Å². The van der Waals surface area contributed by atoms with Crippen molar-refractivity contribution < 1.29 is 23.0 Å². The number of nitrogens with one attached hydrogen (secondary N) is 1. The molecule has 0 radical (unpaired) electrons. The molecule has 0 spiro atoms. The molecule has 1 saturated heterocycles. The van der Waals surface area contributed by atoms with Gasteiger partial charge in [-0.15, -0.1) is 0 Å². The van der Waals surface area contributed by atoms with Crippen molar-refractivity contribution in [3.8, 4) is 11.5 Å². The summed E-state index contributed by atoms with van der Waals surface area (Å²) in [5.74, 6) is -0.311. The van der Waals surface area contributed by atoms with Gasteiger partial charge in [0.25, 0.3) is 5.91 Å². The average Bonchev–Trinajstić information content (AvgIpc) is 2.67. The van der Waals surface area contributed by atoms with Gasteiger partial charge in [-0.2, -0.15) is 8.78 Å². The fraction of sp³-hybridized carbons (Fsp3) is 0.316. The van der Waals surface area contributed by atoms with Gasteiger partial charge in [0.1, 0.15) is 0 Å². The van der Waals surface area contributed by atoms with Gasteiger partial charge in [-0.1, -0.05) is 23.7 Å². The summed E-state index contributed by atoms with van der Waals surface area (Å²) in [7, 11) is 1.35. The zero-order valence-electron chi connectivity index (χ0n) is 14.6. The Morgan fingerprint density at radius 3 is 2.78 bits per heavy atom. The van der Waals surface area contributed by atoms with E-state index < -0.39 is 6.61 Å².